The van der Waals surface area contributed by atoms with E-state index in [4.69, 9.17) is 16.2 Å². The maximum absolute atomic E-state index is 13.0. The summed E-state index contributed by atoms with van der Waals surface area (Å²) in [7, 11) is 0. The Hall–Kier alpha value is -1.61. The van der Waals surface area contributed by atoms with Gasteiger partial charge in [0.25, 0.3) is 0 Å². The molecule has 9 heteroatoms. The van der Waals surface area contributed by atoms with Crippen LogP contribution in [0.3, 0.4) is 0 Å². The molecule has 4 N–H and O–H groups in total. The highest BCUT2D eigenvalue weighted by Crippen LogP contribution is 2.35. The van der Waals surface area contributed by atoms with Crippen molar-refractivity contribution in [3.05, 3.63) is 11.3 Å². The lowest BCUT2D eigenvalue weighted by molar-refractivity contribution is -0.138. The summed E-state index contributed by atoms with van der Waals surface area (Å²) >= 11 is 0. The van der Waals surface area contributed by atoms with Crippen LogP contribution in [0.5, 0.6) is 0 Å². The molecular weight excluding hydrogens is 287 g/mol. The van der Waals surface area contributed by atoms with Crippen molar-refractivity contribution in [1.29, 1.82) is 0 Å². The first-order valence-electron chi connectivity index (χ1n) is 6.67. The topological polar surface area (TPSA) is 90.3 Å². The summed E-state index contributed by atoms with van der Waals surface area (Å²) in [5.41, 5.74) is 9.62. The van der Waals surface area contributed by atoms with Crippen molar-refractivity contribution in [2.45, 2.75) is 19.0 Å². The quantitative estimate of drug-likeness (QED) is 0.860. The van der Waals surface area contributed by atoms with Crippen molar-refractivity contribution >= 4 is 11.8 Å². The van der Waals surface area contributed by atoms with E-state index in [1.54, 1.807) is 0 Å². The molecule has 0 spiro atoms. The van der Waals surface area contributed by atoms with E-state index in [0.29, 0.717) is 26.2 Å². The number of hydrogen-bond donors (Lipinski definition) is 2. The van der Waals surface area contributed by atoms with Crippen molar-refractivity contribution in [2.24, 2.45) is 0 Å². The van der Waals surface area contributed by atoms with Gasteiger partial charge in [-0.2, -0.15) is 18.2 Å². The molecule has 2 heterocycles. The normalized spacial score (nSPS) is 17.1. The standard InChI is InChI=1S/C12H18F3N5O/c13-12(14,15)9-8(18-11(17)19-10(9)16)2-1-3-20-4-6-21-7-5-20/h1-7H2,(H4,16,17,18,19). The molecule has 0 unspecified atom stereocenters. The Morgan fingerprint density at radius 1 is 1.14 bits per heavy atom. The Morgan fingerprint density at radius 2 is 1.81 bits per heavy atom. The molecule has 0 aliphatic carbocycles. The van der Waals surface area contributed by atoms with Crippen LogP contribution < -0.4 is 11.5 Å². The number of ether oxygens (including phenoxy) is 1. The minimum absolute atomic E-state index is 0.138. The molecule has 0 amide bonds. The van der Waals surface area contributed by atoms with Gasteiger partial charge in [-0.05, 0) is 19.4 Å². The van der Waals surface area contributed by atoms with Gasteiger partial charge in [-0.1, -0.05) is 0 Å². The minimum atomic E-state index is -4.58. The molecule has 0 radical (unpaired) electrons. The van der Waals surface area contributed by atoms with E-state index in [1.165, 1.54) is 0 Å². The smallest absolute Gasteiger partial charge is 0.383 e. The average Bonchev–Trinajstić information content (AvgIpc) is 2.37. The third-order valence-electron chi connectivity index (χ3n) is 3.30. The summed E-state index contributed by atoms with van der Waals surface area (Å²) in [6.45, 7) is 3.58. The number of aromatic nitrogens is 2. The summed E-state index contributed by atoms with van der Waals surface area (Å²) in [5.74, 6) is -0.849. The van der Waals surface area contributed by atoms with Crippen LogP contribution in [0, 0.1) is 0 Å². The third kappa shape index (κ3) is 4.18. The zero-order chi connectivity index (χ0) is 15.5. The molecule has 118 valence electrons. The van der Waals surface area contributed by atoms with Crippen molar-refractivity contribution < 1.29 is 17.9 Å². The molecule has 0 aromatic carbocycles. The molecule has 1 aliphatic rings. The molecule has 0 saturated carbocycles. The monoisotopic (exact) mass is 305 g/mol. The fourth-order valence-electron chi connectivity index (χ4n) is 2.33. The van der Waals surface area contributed by atoms with Crippen molar-refractivity contribution in [2.75, 3.05) is 44.3 Å². The number of rotatable bonds is 4. The summed E-state index contributed by atoms with van der Waals surface area (Å²) in [4.78, 5) is 9.25. The highest BCUT2D eigenvalue weighted by Gasteiger charge is 2.37. The van der Waals surface area contributed by atoms with Crippen molar-refractivity contribution in [3.63, 3.8) is 0 Å². The fraction of sp³-hybridized carbons (Fsp3) is 0.667. The van der Waals surface area contributed by atoms with E-state index in [-0.39, 0.29) is 18.1 Å². The SMILES string of the molecule is Nc1nc(N)c(C(F)(F)F)c(CCCN2CCOCC2)n1. The number of alkyl halides is 3. The number of aryl methyl sites for hydroxylation is 1. The van der Waals surface area contributed by atoms with E-state index in [9.17, 15) is 13.2 Å². The van der Waals surface area contributed by atoms with Gasteiger partial charge in [0, 0.05) is 13.1 Å². The average molecular weight is 305 g/mol. The predicted molar refractivity (Wildman–Crippen MR) is 71.4 cm³/mol. The first kappa shape index (κ1) is 15.8. The maximum Gasteiger partial charge on any atom is 0.421 e. The molecule has 0 bridgehead atoms. The summed E-state index contributed by atoms with van der Waals surface area (Å²) < 4.78 is 44.2. The Morgan fingerprint density at radius 3 is 2.43 bits per heavy atom. The molecule has 1 saturated heterocycles. The lowest BCUT2D eigenvalue weighted by Gasteiger charge is -2.26. The number of nitrogen functional groups attached to an aromatic ring is 2. The predicted octanol–water partition coefficient (Wildman–Crippen LogP) is 0.925. The van der Waals surface area contributed by atoms with Gasteiger partial charge in [-0.3, -0.25) is 4.90 Å². The zero-order valence-electron chi connectivity index (χ0n) is 11.5. The van der Waals surface area contributed by atoms with Crippen LogP contribution in [0.15, 0.2) is 0 Å². The molecule has 21 heavy (non-hydrogen) atoms. The van der Waals surface area contributed by atoms with Crippen LogP contribution in [0.1, 0.15) is 17.7 Å². The zero-order valence-corrected chi connectivity index (χ0v) is 11.5. The summed E-state index contributed by atoms with van der Waals surface area (Å²) in [5, 5.41) is 0. The van der Waals surface area contributed by atoms with Crippen LogP contribution in [0.4, 0.5) is 24.9 Å². The van der Waals surface area contributed by atoms with E-state index in [0.717, 1.165) is 13.1 Å². The van der Waals surface area contributed by atoms with Gasteiger partial charge in [0.05, 0.1) is 18.9 Å². The molecule has 0 atom stereocenters. The van der Waals surface area contributed by atoms with Gasteiger partial charge in [0.15, 0.2) is 0 Å². The van der Waals surface area contributed by atoms with E-state index in [2.05, 4.69) is 14.9 Å². The van der Waals surface area contributed by atoms with Gasteiger partial charge in [0.1, 0.15) is 11.4 Å². The van der Waals surface area contributed by atoms with Crippen LogP contribution >= 0.6 is 0 Å². The van der Waals surface area contributed by atoms with E-state index in [1.807, 2.05) is 0 Å². The van der Waals surface area contributed by atoms with Gasteiger partial charge in [0.2, 0.25) is 5.95 Å². The first-order chi connectivity index (χ1) is 9.88. The fourth-order valence-corrected chi connectivity index (χ4v) is 2.33. The number of anilines is 2. The van der Waals surface area contributed by atoms with Gasteiger partial charge in [-0.25, -0.2) is 4.98 Å². The highest BCUT2D eigenvalue weighted by atomic mass is 19.4. The van der Waals surface area contributed by atoms with Gasteiger partial charge >= 0.3 is 6.18 Å². The molecular formula is C12H18F3N5O. The lowest BCUT2D eigenvalue weighted by Crippen LogP contribution is -2.37. The number of morpholine rings is 1. The van der Waals surface area contributed by atoms with Crippen molar-refractivity contribution in [1.82, 2.24) is 14.9 Å². The molecule has 1 aromatic rings. The Balaban J connectivity index is 2.04. The lowest BCUT2D eigenvalue weighted by atomic mass is 10.1. The second-order valence-corrected chi connectivity index (χ2v) is 4.84. The van der Waals surface area contributed by atoms with Crippen LogP contribution in [0.25, 0.3) is 0 Å². The number of nitrogens with zero attached hydrogens (tertiary/aromatic N) is 3. The van der Waals surface area contributed by atoms with E-state index >= 15 is 0 Å². The molecule has 6 nitrogen and oxygen atoms in total. The molecule has 1 fully saturated rings. The van der Waals surface area contributed by atoms with Crippen LogP contribution in [-0.2, 0) is 17.3 Å². The summed E-state index contributed by atoms with van der Waals surface area (Å²) in [6, 6.07) is 0. The Labute approximate surface area is 120 Å². The first-order valence-corrected chi connectivity index (χ1v) is 6.67. The minimum Gasteiger partial charge on any atom is -0.383 e. The largest absolute Gasteiger partial charge is 0.421 e. The van der Waals surface area contributed by atoms with Crippen LogP contribution in [-0.4, -0.2) is 47.7 Å². The number of halogens is 3. The second-order valence-electron chi connectivity index (χ2n) is 4.84. The number of hydrogen-bond acceptors (Lipinski definition) is 6. The van der Waals surface area contributed by atoms with Gasteiger partial charge < -0.3 is 16.2 Å². The second kappa shape index (κ2) is 6.44. The van der Waals surface area contributed by atoms with Crippen LogP contribution in [0.2, 0.25) is 0 Å². The molecule has 1 aliphatic heterocycles. The Kier molecular flexibility index (Phi) is 4.84. The third-order valence-corrected chi connectivity index (χ3v) is 3.30. The van der Waals surface area contributed by atoms with E-state index < -0.39 is 17.6 Å². The van der Waals surface area contributed by atoms with Gasteiger partial charge in [-0.15, -0.1) is 0 Å². The number of nitrogens with two attached hydrogens (primary N) is 2. The Bertz CT molecular complexity index is 489. The highest BCUT2D eigenvalue weighted by molar-refractivity contribution is 5.47. The molecule has 1 aromatic heterocycles. The molecule has 2 rings (SSSR count). The summed E-state index contributed by atoms with van der Waals surface area (Å²) in [6.07, 6.45) is -3.88. The van der Waals surface area contributed by atoms with Crippen molar-refractivity contribution in [3.8, 4) is 0 Å². The maximum atomic E-state index is 13.0.